The van der Waals surface area contributed by atoms with Gasteiger partial charge in [-0.05, 0) is 30.3 Å². The molecule has 2 aromatic rings. The third-order valence-electron chi connectivity index (χ3n) is 2.92. The highest BCUT2D eigenvalue weighted by atomic mass is 35.5. The normalized spacial score (nSPS) is 10.3. The Labute approximate surface area is 140 Å². The molecule has 0 atom stereocenters. The zero-order valence-corrected chi connectivity index (χ0v) is 13.1. The van der Waals surface area contributed by atoms with Crippen LogP contribution in [0.2, 0.25) is 10.0 Å². The summed E-state index contributed by atoms with van der Waals surface area (Å²) in [4.78, 5) is 23.6. The quantitative estimate of drug-likeness (QED) is 0.656. The Kier molecular flexibility index (Phi) is 5.18. The maximum atomic E-state index is 13.8. The maximum Gasteiger partial charge on any atom is 0.337 e. The van der Waals surface area contributed by atoms with Gasteiger partial charge in [-0.1, -0.05) is 23.2 Å². The number of rotatable bonds is 3. The second kappa shape index (κ2) is 6.93. The Hall–Kier alpha value is -2.18. The molecule has 0 unspecified atom stereocenters. The Bertz CT molecular complexity index is 797. The number of hydrogen-bond acceptors (Lipinski definition) is 3. The fraction of sp³-hybridized carbons (Fsp3) is 0.0667. The van der Waals surface area contributed by atoms with Gasteiger partial charge in [0.05, 0.1) is 28.9 Å². The molecule has 0 aliphatic heterocycles. The van der Waals surface area contributed by atoms with Crippen LogP contribution >= 0.6 is 23.2 Å². The molecule has 0 aliphatic carbocycles. The zero-order chi connectivity index (χ0) is 17.1. The number of carbonyl (C=O) groups is 2. The fourth-order valence-electron chi connectivity index (χ4n) is 1.76. The number of esters is 1. The van der Waals surface area contributed by atoms with Crippen LogP contribution in [0.15, 0.2) is 30.3 Å². The molecule has 23 heavy (non-hydrogen) atoms. The van der Waals surface area contributed by atoms with Crippen LogP contribution in [0, 0.1) is 11.6 Å². The van der Waals surface area contributed by atoms with Crippen molar-refractivity contribution >= 4 is 40.8 Å². The van der Waals surface area contributed by atoms with E-state index in [1.807, 2.05) is 0 Å². The zero-order valence-electron chi connectivity index (χ0n) is 11.6. The molecule has 0 saturated heterocycles. The van der Waals surface area contributed by atoms with Crippen molar-refractivity contribution in [3.63, 3.8) is 0 Å². The first-order chi connectivity index (χ1) is 10.8. The fourth-order valence-corrected chi connectivity index (χ4v) is 2.09. The number of halogens is 4. The first kappa shape index (κ1) is 17.2. The monoisotopic (exact) mass is 359 g/mol. The van der Waals surface area contributed by atoms with E-state index in [1.165, 1.54) is 25.3 Å². The molecule has 0 spiro atoms. The van der Waals surface area contributed by atoms with Gasteiger partial charge in [0, 0.05) is 0 Å². The molecule has 8 heteroatoms. The van der Waals surface area contributed by atoms with Gasteiger partial charge < -0.3 is 10.1 Å². The van der Waals surface area contributed by atoms with Gasteiger partial charge in [0.2, 0.25) is 0 Å². The highest BCUT2D eigenvalue weighted by molar-refractivity contribution is 6.34. The molecule has 0 saturated carbocycles. The highest BCUT2D eigenvalue weighted by Gasteiger charge is 2.19. The van der Waals surface area contributed by atoms with E-state index in [0.717, 1.165) is 12.1 Å². The van der Waals surface area contributed by atoms with Crippen LogP contribution in [-0.2, 0) is 4.74 Å². The van der Waals surface area contributed by atoms with E-state index >= 15 is 0 Å². The number of carbonyl (C=O) groups excluding carboxylic acids is 2. The predicted octanol–water partition coefficient (Wildman–Crippen LogP) is 4.31. The van der Waals surface area contributed by atoms with Crippen LogP contribution in [0.1, 0.15) is 20.7 Å². The van der Waals surface area contributed by atoms with Gasteiger partial charge >= 0.3 is 5.97 Å². The van der Waals surface area contributed by atoms with E-state index < -0.39 is 34.1 Å². The van der Waals surface area contributed by atoms with Crippen LogP contribution in [0.25, 0.3) is 0 Å². The van der Waals surface area contributed by atoms with Gasteiger partial charge in [0.1, 0.15) is 10.8 Å². The summed E-state index contributed by atoms with van der Waals surface area (Å²) in [5, 5.41) is 1.67. The van der Waals surface area contributed by atoms with Crippen molar-refractivity contribution in [1.82, 2.24) is 0 Å². The summed E-state index contributed by atoms with van der Waals surface area (Å²) in [6.07, 6.45) is 0. The van der Waals surface area contributed by atoms with Crippen molar-refractivity contribution in [3.05, 3.63) is 63.1 Å². The molecular weight excluding hydrogens is 351 g/mol. The first-order valence-corrected chi connectivity index (χ1v) is 6.93. The van der Waals surface area contributed by atoms with Crippen molar-refractivity contribution in [2.24, 2.45) is 0 Å². The van der Waals surface area contributed by atoms with Crippen molar-refractivity contribution in [3.8, 4) is 0 Å². The van der Waals surface area contributed by atoms with Crippen LogP contribution in [0.5, 0.6) is 0 Å². The number of amides is 1. The predicted molar refractivity (Wildman–Crippen MR) is 82.1 cm³/mol. The molecule has 0 bridgehead atoms. The van der Waals surface area contributed by atoms with Crippen molar-refractivity contribution in [1.29, 1.82) is 0 Å². The van der Waals surface area contributed by atoms with E-state index in [9.17, 15) is 18.4 Å². The standard InChI is InChI=1S/C15H9Cl2F2NO3/c1-23-15(22)7-2-4-9(16)11(6-7)20-14(21)8-3-5-10(18)12(17)13(8)19/h2-6H,1H3,(H,20,21). The minimum Gasteiger partial charge on any atom is -0.465 e. The van der Waals surface area contributed by atoms with Gasteiger partial charge in [-0.3, -0.25) is 4.79 Å². The van der Waals surface area contributed by atoms with E-state index in [4.69, 9.17) is 23.2 Å². The molecular formula is C15H9Cl2F2NO3. The number of benzene rings is 2. The number of methoxy groups -OCH3 is 1. The average molecular weight is 360 g/mol. The highest BCUT2D eigenvalue weighted by Crippen LogP contribution is 2.26. The van der Waals surface area contributed by atoms with Crippen molar-refractivity contribution < 1.29 is 23.1 Å². The molecule has 0 aromatic heterocycles. The minimum absolute atomic E-state index is 0.0689. The van der Waals surface area contributed by atoms with Crippen LogP contribution in [-0.4, -0.2) is 19.0 Å². The molecule has 2 rings (SSSR count). The Balaban J connectivity index is 2.34. The number of hydrogen-bond donors (Lipinski definition) is 1. The van der Waals surface area contributed by atoms with Crippen molar-refractivity contribution in [2.75, 3.05) is 12.4 Å². The van der Waals surface area contributed by atoms with E-state index in [2.05, 4.69) is 10.1 Å². The lowest BCUT2D eigenvalue weighted by molar-refractivity contribution is 0.0600. The first-order valence-electron chi connectivity index (χ1n) is 6.18. The lowest BCUT2D eigenvalue weighted by Crippen LogP contribution is -2.15. The van der Waals surface area contributed by atoms with E-state index in [0.29, 0.717) is 0 Å². The lowest BCUT2D eigenvalue weighted by atomic mass is 10.1. The minimum atomic E-state index is -1.19. The largest absolute Gasteiger partial charge is 0.465 e. The summed E-state index contributed by atoms with van der Waals surface area (Å²) in [6.45, 7) is 0. The summed E-state index contributed by atoms with van der Waals surface area (Å²) in [5.41, 5.74) is -0.250. The SMILES string of the molecule is COC(=O)c1ccc(Cl)c(NC(=O)c2ccc(F)c(Cl)c2F)c1. The summed E-state index contributed by atoms with van der Waals surface area (Å²) in [5.74, 6) is -3.70. The number of anilines is 1. The van der Waals surface area contributed by atoms with Gasteiger partial charge in [0.15, 0.2) is 5.82 Å². The molecule has 0 radical (unpaired) electrons. The molecule has 2 aromatic carbocycles. The van der Waals surface area contributed by atoms with E-state index in [-0.39, 0.29) is 16.3 Å². The Morgan fingerprint density at radius 1 is 1.13 bits per heavy atom. The molecule has 1 amide bonds. The summed E-state index contributed by atoms with van der Waals surface area (Å²) < 4.78 is 31.5. The van der Waals surface area contributed by atoms with Gasteiger partial charge in [-0.15, -0.1) is 0 Å². The topological polar surface area (TPSA) is 55.4 Å². The molecule has 4 nitrogen and oxygen atoms in total. The Morgan fingerprint density at radius 3 is 2.48 bits per heavy atom. The van der Waals surface area contributed by atoms with Gasteiger partial charge in [-0.25, -0.2) is 13.6 Å². The number of ether oxygens (including phenoxy) is 1. The second-order valence-electron chi connectivity index (χ2n) is 4.36. The molecule has 120 valence electrons. The van der Waals surface area contributed by atoms with Gasteiger partial charge in [0.25, 0.3) is 5.91 Å². The average Bonchev–Trinajstić information content (AvgIpc) is 2.53. The molecule has 1 N–H and O–H groups in total. The molecule has 0 aliphatic rings. The number of nitrogens with one attached hydrogen (secondary N) is 1. The third kappa shape index (κ3) is 3.60. The summed E-state index contributed by atoms with van der Waals surface area (Å²) >= 11 is 11.4. The van der Waals surface area contributed by atoms with Gasteiger partial charge in [-0.2, -0.15) is 0 Å². The van der Waals surface area contributed by atoms with Crippen LogP contribution in [0.3, 0.4) is 0 Å². The lowest BCUT2D eigenvalue weighted by Gasteiger charge is -2.10. The molecule has 0 heterocycles. The van der Waals surface area contributed by atoms with Crippen LogP contribution in [0.4, 0.5) is 14.5 Å². The Morgan fingerprint density at radius 2 is 1.83 bits per heavy atom. The van der Waals surface area contributed by atoms with E-state index in [1.54, 1.807) is 0 Å². The third-order valence-corrected chi connectivity index (χ3v) is 3.59. The second-order valence-corrected chi connectivity index (χ2v) is 5.15. The summed E-state index contributed by atoms with van der Waals surface area (Å²) in [7, 11) is 1.20. The summed E-state index contributed by atoms with van der Waals surface area (Å²) in [6, 6.07) is 5.86. The van der Waals surface area contributed by atoms with Crippen molar-refractivity contribution in [2.45, 2.75) is 0 Å². The molecule has 0 fully saturated rings. The smallest absolute Gasteiger partial charge is 0.337 e. The maximum absolute atomic E-state index is 13.8. The van der Waals surface area contributed by atoms with Crippen LogP contribution < -0.4 is 5.32 Å².